The lowest BCUT2D eigenvalue weighted by Crippen LogP contribution is -2.15. The zero-order valence-electron chi connectivity index (χ0n) is 17.4. The molecule has 0 amide bonds. The van der Waals surface area contributed by atoms with Gasteiger partial charge < -0.3 is 4.57 Å². The molecule has 0 radical (unpaired) electrons. The van der Waals surface area contributed by atoms with Gasteiger partial charge in [0.15, 0.2) is 5.65 Å². The number of aromatic nitrogens is 5. The summed E-state index contributed by atoms with van der Waals surface area (Å²) in [5.41, 5.74) is 6.26. The molecule has 6 aromatic rings. The number of hydrogen-bond acceptors (Lipinski definition) is 3. The SMILES string of the molecule is Cn1c(-c2ccccc2)c2nc3c(-c4ccccc4)n[nH]n3c(=O)c2c1-c1ccccc1. The average molecular weight is 417 g/mol. The molecule has 0 atom stereocenters. The molecule has 6 heteroatoms. The van der Waals surface area contributed by atoms with Crippen LogP contribution in [0.4, 0.5) is 0 Å². The fourth-order valence-corrected chi connectivity index (χ4v) is 4.40. The van der Waals surface area contributed by atoms with E-state index in [0.29, 0.717) is 22.2 Å². The molecular formula is C26H19N5O. The molecule has 0 saturated heterocycles. The summed E-state index contributed by atoms with van der Waals surface area (Å²) in [6.07, 6.45) is 0. The van der Waals surface area contributed by atoms with Crippen molar-refractivity contribution in [2.45, 2.75) is 0 Å². The Morgan fingerprint density at radius 3 is 1.84 bits per heavy atom. The van der Waals surface area contributed by atoms with Crippen LogP contribution in [-0.4, -0.2) is 24.4 Å². The summed E-state index contributed by atoms with van der Waals surface area (Å²) in [6.45, 7) is 0. The molecule has 0 bridgehead atoms. The Balaban J connectivity index is 1.78. The van der Waals surface area contributed by atoms with Crippen LogP contribution in [0.5, 0.6) is 0 Å². The third kappa shape index (κ3) is 2.63. The predicted molar refractivity (Wildman–Crippen MR) is 126 cm³/mol. The first-order chi connectivity index (χ1) is 15.7. The third-order valence-corrected chi connectivity index (χ3v) is 5.83. The molecule has 3 aromatic carbocycles. The summed E-state index contributed by atoms with van der Waals surface area (Å²) in [5, 5.41) is 7.87. The van der Waals surface area contributed by atoms with E-state index in [0.717, 1.165) is 28.1 Å². The van der Waals surface area contributed by atoms with Gasteiger partial charge in [-0.05, 0) is 5.56 Å². The Labute approximate surface area is 183 Å². The van der Waals surface area contributed by atoms with Crippen molar-refractivity contribution >= 4 is 16.6 Å². The van der Waals surface area contributed by atoms with Crippen LogP contribution in [-0.2, 0) is 7.05 Å². The predicted octanol–water partition coefficient (Wildman–Crippen LogP) is 4.91. The second-order valence-electron chi connectivity index (χ2n) is 7.71. The maximum Gasteiger partial charge on any atom is 0.284 e. The fourth-order valence-electron chi connectivity index (χ4n) is 4.40. The van der Waals surface area contributed by atoms with Crippen LogP contribution in [0, 0.1) is 0 Å². The van der Waals surface area contributed by atoms with Gasteiger partial charge in [-0.15, -0.1) is 0 Å². The van der Waals surface area contributed by atoms with Gasteiger partial charge in [0.25, 0.3) is 5.56 Å². The lowest BCUT2D eigenvalue weighted by atomic mass is 10.1. The van der Waals surface area contributed by atoms with Gasteiger partial charge in [0, 0.05) is 18.2 Å². The highest BCUT2D eigenvalue weighted by atomic mass is 16.1. The van der Waals surface area contributed by atoms with Gasteiger partial charge in [-0.1, -0.05) is 91.0 Å². The zero-order valence-corrected chi connectivity index (χ0v) is 17.4. The van der Waals surface area contributed by atoms with Crippen LogP contribution >= 0.6 is 0 Å². The minimum Gasteiger partial charge on any atom is -0.341 e. The van der Waals surface area contributed by atoms with Crippen molar-refractivity contribution in [2.24, 2.45) is 7.05 Å². The summed E-state index contributed by atoms with van der Waals surface area (Å²) in [5.74, 6) is 0. The maximum atomic E-state index is 13.8. The minimum absolute atomic E-state index is 0.170. The van der Waals surface area contributed by atoms with Crippen LogP contribution in [0.15, 0.2) is 95.8 Å². The van der Waals surface area contributed by atoms with E-state index in [1.807, 2.05) is 98.0 Å². The van der Waals surface area contributed by atoms with Crippen molar-refractivity contribution in [1.82, 2.24) is 24.4 Å². The normalized spacial score (nSPS) is 11.4. The first kappa shape index (κ1) is 18.3. The van der Waals surface area contributed by atoms with Gasteiger partial charge in [0.2, 0.25) is 0 Å². The maximum absolute atomic E-state index is 13.8. The highest BCUT2D eigenvalue weighted by Gasteiger charge is 2.24. The van der Waals surface area contributed by atoms with E-state index in [4.69, 9.17) is 4.98 Å². The van der Waals surface area contributed by atoms with E-state index in [9.17, 15) is 4.79 Å². The number of hydrogen-bond donors (Lipinski definition) is 1. The molecule has 0 aliphatic carbocycles. The van der Waals surface area contributed by atoms with Crippen molar-refractivity contribution in [3.8, 4) is 33.8 Å². The molecule has 3 heterocycles. The Kier molecular flexibility index (Phi) is 4.04. The number of fused-ring (bicyclic) bond motifs is 2. The van der Waals surface area contributed by atoms with Crippen LogP contribution in [0.3, 0.4) is 0 Å². The molecule has 0 fully saturated rings. The molecule has 154 valence electrons. The van der Waals surface area contributed by atoms with Crippen LogP contribution in [0.2, 0.25) is 0 Å². The Morgan fingerprint density at radius 1 is 0.719 bits per heavy atom. The van der Waals surface area contributed by atoms with Gasteiger partial charge in [-0.2, -0.15) is 9.61 Å². The molecular weight excluding hydrogens is 398 g/mol. The van der Waals surface area contributed by atoms with Crippen molar-refractivity contribution < 1.29 is 0 Å². The molecule has 0 unspecified atom stereocenters. The zero-order chi connectivity index (χ0) is 21.7. The van der Waals surface area contributed by atoms with E-state index >= 15 is 0 Å². The molecule has 6 nitrogen and oxygen atoms in total. The van der Waals surface area contributed by atoms with E-state index in [2.05, 4.69) is 14.9 Å². The van der Waals surface area contributed by atoms with E-state index in [1.54, 1.807) is 0 Å². The third-order valence-electron chi connectivity index (χ3n) is 5.83. The highest BCUT2D eigenvalue weighted by Crippen LogP contribution is 2.36. The topological polar surface area (TPSA) is 68.0 Å². The average Bonchev–Trinajstić information content (AvgIpc) is 3.40. The lowest BCUT2D eigenvalue weighted by molar-refractivity contribution is 0.830. The Bertz CT molecular complexity index is 1630. The molecule has 1 N–H and O–H groups in total. The number of nitrogens with zero attached hydrogens (tertiary/aromatic N) is 4. The second-order valence-corrected chi connectivity index (χ2v) is 7.71. The lowest BCUT2D eigenvalue weighted by Gasteiger charge is -2.08. The smallest absolute Gasteiger partial charge is 0.284 e. The first-order valence-corrected chi connectivity index (χ1v) is 10.4. The monoisotopic (exact) mass is 417 g/mol. The molecule has 3 aromatic heterocycles. The summed E-state index contributed by atoms with van der Waals surface area (Å²) in [4.78, 5) is 18.8. The minimum atomic E-state index is -0.170. The van der Waals surface area contributed by atoms with E-state index in [-0.39, 0.29) is 5.56 Å². The van der Waals surface area contributed by atoms with Crippen molar-refractivity contribution in [2.75, 3.05) is 0 Å². The molecule has 0 saturated carbocycles. The van der Waals surface area contributed by atoms with Crippen LogP contribution < -0.4 is 5.56 Å². The van der Waals surface area contributed by atoms with Gasteiger partial charge in [0.05, 0.1) is 16.8 Å². The van der Waals surface area contributed by atoms with Crippen LogP contribution in [0.1, 0.15) is 0 Å². The number of nitrogens with one attached hydrogen (secondary N) is 1. The highest BCUT2D eigenvalue weighted by molar-refractivity contribution is 6.03. The van der Waals surface area contributed by atoms with E-state index < -0.39 is 0 Å². The summed E-state index contributed by atoms with van der Waals surface area (Å²) in [6, 6.07) is 29.8. The van der Waals surface area contributed by atoms with E-state index in [1.165, 1.54) is 4.52 Å². The van der Waals surface area contributed by atoms with Gasteiger partial charge in [0.1, 0.15) is 11.2 Å². The van der Waals surface area contributed by atoms with Gasteiger partial charge in [-0.25, -0.2) is 10.2 Å². The largest absolute Gasteiger partial charge is 0.341 e. The van der Waals surface area contributed by atoms with Crippen molar-refractivity contribution in [3.63, 3.8) is 0 Å². The molecule has 6 rings (SSSR count). The number of aromatic amines is 1. The van der Waals surface area contributed by atoms with Gasteiger partial charge in [-0.3, -0.25) is 4.79 Å². The number of benzene rings is 3. The quantitative estimate of drug-likeness (QED) is 0.445. The molecule has 32 heavy (non-hydrogen) atoms. The van der Waals surface area contributed by atoms with Crippen LogP contribution in [0.25, 0.3) is 50.3 Å². The van der Waals surface area contributed by atoms with Crippen molar-refractivity contribution in [1.29, 1.82) is 0 Å². The number of rotatable bonds is 3. The molecule has 0 spiro atoms. The standard InChI is InChI=1S/C26H19N5O/c1-30-23(18-13-7-3-8-14-18)20-22(24(30)19-15-9-4-10-16-19)27-25-21(17-11-5-2-6-12-17)28-29-31(25)26(20)32/h2-16,29H,1H3. The fraction of sp³-hybridized carbons (Fsp3) is 0.0385. The Morgan fingerprint density at radius 2 is 1.25 bits per heavy atom. The number of H-pyrrole nitrogens is 1. The Hall–Kier alpha value is -4.45. The molecule has 0 aliphatic heterocycles. The summed E-state index contributed by atoms with van der Waals surface area (Å²) >= 11 is 0. The first-order valence-electron chi connectivity index (χ1n) is 10.4. The second kappa shape index (κ2) is 7.06. The summed E-state index contributed by atoms with van der Waals surface area (Å²) in [7, 11) is 1.99. The summed E-state index contributed by atoms with van der Waals surface area (Å²) < 4.78 is 3.50. The van der Waals surface area contributed by atoms with Crippen molar-refractivity contribution in [3.05, 3.63) is 101 Å². The van der Waals surface area contributed by atoms with Gasteiger partial charge >= 0.3 is 0 Å². The molecule has 0 aliphatic rings.